The van der Waals surface area contributed by atoms with Crippen molar-refractivity contribution in [1.29, 1.82) is 0 Å². The molecule has 0 amide bonds. The van der Waals surface area contributed by atoms with E-state index in [4.69, 9.17) is 0 Å². The van der Waals surface area contributed by atoms with E-state index in [1.54, 1.807) is 0 Å². The van der Waals surface area contributed by atoms with E-state index in [9.17, 15) is 0 Å². The fraction of sp³-hybridized carbons (Fsp3) is 0.357. The van der Waals surface area contributed by atoms with Gasteiger partial charge in [0.2, 0.25) is 0 Å². The van der Waals surface area contributed by atoms with E-state index in [0.717, 1.165) is 17.6 Å². The number of nitrogens with zero attached hydrogens (tertiary/aromatic N) is 1. The third-order valence-electron chi connectivity index (χ3n) is 2.84. The van der Waals surface area contributed by atoms with E-state index < -0.39 is 0 Å². The van der Waals surface area contributed by atoms with Crippen molar-refractivity contribution < 1.29 is 0 Å². The van der Waals surface area contributed by atoms with E-state index in [1.807, 2.05) is 0 Å². The van der Waals surface area contributed by atoms with Crippen molar-refractivity contribution in [3.63, 3.8) is 0 Å². The molecule has 0 fully saturated rings. The second-order valence-corrected chi connectivity index (χ2v) is 4.25. The van der Waals surface area contributed by atoms with Gasteiger partial charge < -0.3 is 0 Å². The van der Waals surface area contributed by atoms with Crippen LogP contribution in [0.25, 0.3) is 10.9 Å². The van der Waals surface area contributed by atoms with Crippen LogP contribution in [0.1, 0.15) is 29.3 Å². The van der Waals surface area contributed by atoms with Crippen molar-refractivity contribution in [2.45, 2.75) is 34.1 Å². The maximum Gasteiger partial charge on any atom is 0.0737 e. The minimum atomic E-state index is 1.07. The molecule has 1 heteroatoms. The first-order valence-corrected chi connectivity index (χ1v) is 5.49. The van der Waals surface area contributed by atoms with E-state index >= 15 is 0 Å². The summed E-state index contributed by atoms with van der Waals surface area (Å²) in [6.07, 6.45) is 1.07. The summed E-state index contributed by atoms with van der Waals surface area (Å²) in [5, 5.41) is 1.32. The largest absolute Gasteiger partial charge is 0.253 e. The Morgan fingerprint density at radius 1 is 1.07 bits per heavy atom. The van der Waals surface area contributed by atoms with E-state index in [2.05, 4.69) is 50.9 Å². The third kappa shape index (κ3) is 1.74. The Labute approximate surface area is 91.2 Å². The molecule has 0 unspecified atom stereocenters. The van der Waals surface area contributed by atoms with Gasteiger partial charge in [0.15, 0.2) is 0 Å². The zero-order chi connectivity index (χ0) is 11.0. The molecule has 1 heterocycles. The minimum absolute atomic E-state index is 1.07. The Hall–Kier alpha value is -1.37. The summed E-state index contributed by atoms with van der Waals surface area (Å²) in [6.45, 7) is 8.55. The van der Waals surface area contributed by atoms with Crippen LogP contribution in [0.5, 0.6) is 0 Å². The predicted molar refractivity (Wildman–Crippen MR) is 65.3 cm³/mol. The van der Waals surface area contributed by atoms with Gasteiger partial charge in [-0.3, -0.25) is 4.98 Å². The molecule has 0 aliphatic heterocycles. The third-order valence-corrected chi connectivity index (χ3v) is 2.84. The summed E-state index contributed by atoms with van der Waals surface area (Å²) in [4.78, 5) is 4.62. The fourth-order valence-corrected chi connectivity index (χ4v) is 2.18. The molecule has 0 saturated heterocycles. The molecular weight excluding hydrogens is 182 g/mol. The van der Waals surface area contributed by atoms with E-state index in [1.165, 1.54) is 22.1 Å². The smallest absolute Gasteiger partial charge is 0.0737 e. The number of benzene rings is 1. The summed E-state index contributed by atoms with van der Waals surface area (Å²) in [6, 6.07) is 6.64. The zero-order valence-corrected chi connectivity index (χ0v) is 9.89. The van der Waals surface area contributed by atoms with Gasteiger partial charge >= 0.3 is 0 Å². The number of aromatic nitrogens is 1. The number of hydrogen-bond acceptors (Lipinski definition) is 1. The van der Waals surface area contributed by atoms with Gasteiger partial charge in [0.25, 0.3) is 0 Å². The summed E-state index contributed by atoms with van der Waals surface area (Å²) in [7, 11) is 0. The number of rotatable bonds is 1. The van der Waals surface area contributed by atoms with Crippen molar-refractivity contribution in [3.8, 4) is 0 Å². The maximum atomic E-state index is 4.62. The summed E-state index contributed by atoms with van der Waals surface area (Å²) < 4.78 is 0. The molecule has 2 aromatic rings. The molecule has 78 valence electrons. The average molecular weight is 199 g/mol. The Bertz CT molecular complexity index is 512. The summed E-state index contributed by atoms with van der Waals surface area (Å²) >= 11 is 0. The molecule has 1 aromatic heterocycles. The Morgan fingerprint density at radius 2 is 1.80 bits per heavy atom. The van der Waals surface area contributed by atoms with Gasteiger partial charge in [0, 0.05) is 11.1 Å². The molecule has 2 rings (SSSR count). The molecule has 15 heavy (non-hydrogen) atoms. The number of fused-ring (bicyclic) bond motifs is 1. The van der Waals surface area contributed by atoms with Crippen LogP contribution < -0.4 is 0 Å². The molecule has 1 aromatic carbocycles. The summed E-state index contributed by atoms with van der Waals surface area (Å²) in [5.41, 5.74) is 6.29. The zero-order valence-electron chi connectivity index (χ0n) is 9.89. The lowest BCUT2D eigenvalue weighted by molar-refractivity contribution is 1.12. The quantitative estimate of drug-likeness (QED) is 0.682. The first-order chi connectivity index (χ1) is 7.11. The lowest BCUT2D eigenvalue weighted by Crippen LogP contribution is -1.93. The van der Waals surface area contributed by atoms with E-state index in [0.29, 0.717) is 0 Å². The van der Waals surface area contributed by atoms with Crippen LogP contribution in [-0.2, 0) is 6.42 Å². The van der Waals surface area contributed by atoms with Crippen LogP contribution in [-0.4, -0.2) is 4.98 Å². The predicted octanol–water partition coefficient (Wildman–Crippen LogP) is 3.72. The highest BCUT2D eigenvalue weighted by Gasteiger charge is 2.05. The lowest BCUT2D eigenvalue weighted by Gasteiger charge is -2.09. The molecule has 1 nitrogen and oxygen atoms in total. The average Bonchev–Trinajstić information content (AvgIpc) is 2.18. The molecule has 0 bridgehead atoms. The fourth-order valence-electron chi connectivity index (χ4n) is 2.18. The molecule has 0 atom stereocenters. The summed E-state index contributed by atoms with van der Waals surface area (Å²) in [5.74, 6) is 0. The van der Waals surface area contributed by atoms with Crippen molar-refractivity contribution >= 4 is 10.9 Å². The van der Waals surface area contributed by atoms with E-state index in [-0.39, 0.29) is 0 Å². The maximum absolute atomic E-state index is 4.62. The van der Waals surface area contributed by atoms with Crippen LogP contribution in [0, 0.1) is 20.8 Å². The van der Waals surface area contributed by atoms with Crippen LogP contribution >= 0.6 is 0 Å². The normalized spacial score (nSPS) is 10.9. The highest BCUT2D eigenvalue weighted by molar-refractivity contribution is 5.85. The molecule has 0 N–H and O–H groups in total. The molecule has 0 aliphatic rings. The standard InChI is InChI=1S/C14H17N/c1-5-12-8-11(4)15-14-10(3)6-9(2)7-13(12)14/h6-8H,5H2,1-4H3. The SMILES string of the molecule is CCc1cc(C)nc2c(C)cc(C)cc12. The van der Waals surface area contributed by atoms with Crippen LogP contribution in [0.15, 0.2) is 18.2 Å². The van der Waals surface area contributed by atoms with Gasteiger partial charge in [-0.05, 0) is 50.5 Å². The van der Waals surface area contributed by atoms with Crippen molar-refractivity contribution in [2.75, 3.05) is 0 Å². The molecule has 0 aliphatic carbocycles. The van der Waals surface area contributed by atoms with Gasteiger partial charge in [0.1, 0.15) is 0 Å². The van der Waals surface area contributed by atoms with Gasteiger partial charge in [-0.1, -0.05) is 18.6 Å². The van der Waals surface area contributed by atoms with Crippen molar-refractivity contribution in [1.82, 2.24) is 4.98 Å². The van der Waals surface area contributed by atoms with Crippen molar-refractivity contribution in [2.24, 2.45) is 0 Å². The minimum Gasteiger partial charge on any atom is -0.253 e. The van der Waals surface area contributed by atoms with Gasteiger partial charge in [-0.15, -0.1) is 0 Å². The highest BCUT2D eigenvalue weighted by atomic mass is 14.7. The van der Waals surface area contributed by atoms with Crippen molar-refractivity contribution in [3.05, 3.63) is 40.6 Å². The van der Waals surface area contributed by atoms with Gasteiger partial charge in [-0.25, -0.2) is 0 Å². The second kappa shape index (κ2) is 3.65. The second-order valence-electron chi connectivity index (χ2n) is 4.25. The lowest BCUT2D eigenvalue weighted by atomic mass is 10.0. The Kier molecular flexibility index (Phi) is 2.47. The molecular formula is C14H17N. The number of hydrogen-bond donors (Lipinski definition) is 0. The monoisotopic (exact) mass is 199 g/mol. The van der Waals surface area contributed by atoms with Crippen LogP contribution in [0.2, 0.25) is 0 Å². The van der Waals surface area contributed by atoms with Gasteiger partial charge in [-0.2, -0.15) is 0 Å². The van der Waals surface area contributed by atoms with Gasteiger partial charge in [0.05, 0.1) is 5.52 Å². The molecule has 0 saturated carbocycles. The van der Waals surface area contributed by atoms with Crippen LogP contribution in [0.3, 0.4) is 0 Å². The Morgan fingerprint density at radius 3 is 2.47 bits per heavy atom. The number of aryl methyl sites for hydroxylation is 4. The molecule has 0 spiro atoms. The topological polar surface area (TPSA) is 12.9 Å². The van der Waals surface area contributed by atoms with Crippen LogP contribution in [0.4, 0.5) is 0 Å². The first-order valence-electron chi connectivity index (χ1n) is 5.49. The molecule has 0 radical (unpaired) electrons. The highest BCUT2D eigenvalue weighted by Crippen LogP contribution is 2.23. The number of pyridine rings is 1. The Balaban J connectivity index is 2.89. The first kappa shape index (κ1) is 10.2.